The lowest BCUT2D eigenvalue weighted by atomic mass is 10.2. The van der Waals surface area contributed by atoms with Gasteiger partial charge in [0, 0.05) is 18.3 Å². The lowest BCUT2D eigenvalue weighted by molar-refractivity contribution is 0.496. The molecule has 0 amide bonds. The molecule has 0 aliphatic heterocycles. The molecule has 3 nitrogen and oxygen atoms in total. The second-order valence-corrected chi connectivity index (χ2v) is 3.90. The van der Waals surface area contributed by atoms with Crippen molar-refractivity contribution in [2.75, 3.05) is 11.1 Å². The first kappa shape index (κ1) is 12.5. The Hall–Kier alpha value is -1.95. The van der Waals surface area contributed by atoms with Crippen molar-refractivity contribution in [1.82, 2.24) is 4.98 Å². The molecule has 0 saturated heterocycles. The van der Waals surface area contributed by atoms with Crippen molar-refractivity contribution in [3.63, 3.8) is 0 Å². The molecule has 3 N–H and O–H groups in total. The van der Waals surface area contributed by atoms with Crippen molar-refractivity contribution in [3.8, 4) is 0 Å². The topological polar surface area (TPSA) is 50.9 Å². The summed E-state index contributed by atoms with van der Waals surface area (Å²) in [5.41, 5.74) is 5.48. The van der Waals surface area contributed by atoms with Crippen LogP contribution in [-0.2, 0) is 0 Å². The summed E-state index contributed by atoms with van der Waals surface area (Å²) in [6.45, 7) is 0. The third-order valence-electron chi connectivity index (χ3n) is 2.15. The number of nitrogens with two attached hydrogens (primary N) is 1. The zero-order chi connectivity index (χ0) is 13.3. The second-order valence-electron chi connectivity index (χ2n) is 3.46. The molecule has 0 saturated carbocycles. The van der Waals surface area contributed by atoms with Gasteiger partial charge in [-0.3, -0.25) is 0 Å². The number of halogens is 4. The molecule has 94 valence electrons. The number of hydrogen-bond acceptors (Lipinski definition) is 3. The summed E-state index contributed by atoms with van der Waals surface area (Å²) in [6, 6.07) is 2.51. The minimum atomic E-state index is -1.27. The predicted molar refractivity (Wildman–Crippen MR) is 63.3 cm³/mol. The van der Waals surface area contributed by atoms with Crippen LogP contribution < -0.4 is 11.1 Å². The van der Waals surface area contributed by atoms with E-state index in [1.807, 2.05) is 0 Å². The van der Waals surface area contributed by atoms with Gasteiger partial charge < -0.3 is 11.1 Å². The van der Waals surface area contributed by atoms with Crippen LogP contribution in [0.2, 0.25) is 5.02 Å². The van der Waals surface area contributed by atoms with Crippen LogP contribution in [0.5, 0.6) is 0 Å². The smallest absolute Gasteiger partial charge is 0.161 e. The Morgan fingerprint density at radius 2 is 1.72 bits per heavy atom. The average Bonchev–Trinajstić information content (AvgIpc) is 2.29. The third kappa shape index (κ3) is 2.48. The summed E-state index contributed by atoms with van der Waals surface area (Å²) in [7, 11) is 0. The minimum absolute atomic E-state index is 0.101. The molecular weight excluding hydrogens is 267 g/mol. The fraction of sp³-hybridized carbons (Fsp3) is 0. The molecule has 1 aromatic heterocycles. The van der Waals surface area contributed by atoms with Crippen LogP contribution in [0.15, 0.2) is 24.4 Å². The van der Waals surface area contributed by atoms with Crippen LogP contribution in [-0.4, -0.2) is 4.98 Å². The van der Waals surface area contributed by atoms with Gasteiger partial charge in [0.15, 0.2) is 17.5 Å². The number of anilines is 3. The number of rotatable bonds is 2. The second kappa shape index (κ2) is 4.73. The van der Waals surface area contributed by atoms with Crippen molar-refractivity contribution in [2.45, 2.75) is 0 Å². The number of benzene rings is 1. The molecule has 18 heavy (non-hydrogen) atoms. The van der Waals surface area contributed by atoms with Gasteiger partial charge in [-0.15, -0.1) is 0 Å². The van der Waals surface area contributed by atoms with Gasteiger partial charge in [-0.05, 0) is 6.07 Å². The van der Waals surface area contributed by atoms with Gasteiger partial charge in [-0.25, -0.2) is 18.2 Å². The molecule has 0 radical (unpaired) electrons. The first-order valence-corrected chi connectivity index (χ1v) is 5.18. The largest absolute Gasteiger partial charge is 0.396 e. The van der Waals surface area contributed by atoms with Crippen molar-refractivity contribution in [1.29, 1.82) is 0 Å². The monoisotopic (exact) mass is 273 g/mol. The molecule has 2 rings (SSSR count). The van der Waals surface area contributed by atoms with E-state index in [0.717, 1.165) is 0 Å². The first-order chi connectivity index (χ1) is 8.47. The lowest BCUT2D eigenvalue weighted by Gasteiger charge is -2.09. The maximum absolute atomic E-state index is 13.4. The van der Waals surface area contributed by atoms with Gasteiger partial charge >= 0.3 is 0 Å². The molecule has 0 bridgehead atoms. The maximum Gasteiger partial charge on any atom is 0.161 e. The normalized spacial score (nSPS) is 10.4. The Morgan fingerprint density at radius 1 is 1.06 bits per heavy atom. The van der Waals surface area contributed by atoms with E-state index < -0.39 is 17.5 Å². The Bertz CT molecular complexity index is 604. The molecule has 1 heterocycles. The number of hydrogen-bond donors (Lipinski definition) is 2. The van der Waals surface area contributed by atoms with Crippen LogP contribution in [0.4, 0.5) is 30.4 Å². The quantitative estimate of drug-likeness (QED) is 0.824. The Balaban J connectivity index is 2.37. The van der Waals surface area contributed by atoms with Crippen LogP contribution in [0, 0.1) is 17.5 Å². The third-order valence-corrected chi connectivity index (χ3v) is 2.35. The molecule has 2 aromatic rings. The van der Waals surface area contributed by atoms with E-state index >= 15 is 0 Å². The van der Waals surface area contributed by atoms with Crippen molar-refractivity contribution < 1.29 is 13.2 Å². The number of aromatic nitrogens is 1. The Kier molecular flexibility index (Phi) is 3.29. The molecule has 0 unspecified atom stereocenters. The highest BCUT2D eigenvalue weighted by Crippen LogP contribution is 2.26. The summed E-state index contributed by atoms with van der Waals surface area (Å²) in [5, 5.41) is 2.77. The molecule has 0 aliphatic carbocycles. The average molecular weight is 274 g/mol. The zero-order valence-electron chi connectivity index (χ0n) is 8.85. The standard InChI is InChI=1S/C11H7ClF3N3/c12-5-1-9(16)11(17-4-5)18-10-3-7(14)6(13)2-8(10)15/h1-4H,16H2,(H,17,18). The fourth-order valence-electron chi connectivity index (χ4n) is 1.31. The van der Waals surface area contributed by atoms with E-state index in [0.29, 0.717) is 17.2 Å². The van der Waals surface area contributed by atoms with E-state index in [1.54, 1.807) is 0 Å². The van der Waals surface area contributed by atoms with E-state index in [1.165, 1.54) is 12.3 Å². The van der Waals surface area contributed by atoms with E-state index in [2.05, 4.69) is 10.3 Å². The van der Waals surface area contributed by atoms with Gasteiger partial charge in [-0.1, -0.05) is 11.6 Å². The molecule has 0 fully saturated rings. The zero-order valence-corrected chi connectivity index (χ0v) is 9.60. The summed E-state index contributed by atoms with van der Waals surface area (Å²) in [6.07, 6.45) is 1.29. The van der Waals surface area contributed by atoms with Gasteiger partial charge in [0.1, 0.15) is 5.82 Å². The summed E-state index contributed by atoms with van der Waals surface area (Å²) in [5.74, 6) is -3.30. The molecule has 1 aromatic carbocycles. The van der Waals surface area contributed by atoms with Crippen LogP contribution >= 0.6 is 11.6 Å². The van der Waals surface area contributed by atoms with E-state index in [9.17, 15) is 13.2 Å². The maximum atomic E-state index is 13.4. The number of pyridine rings is 1. The van der Waals surface area contributed by atoms with Crippen LogP contribution in [0.1, 0.15) is 0 Å². The van der Waals surface area contributed by atoms with Crippen molar-refractivity contribution >= 4 is 28.8 Å². The summed E-state index contributed by atoms with van der Waals surface area (Å²) < 4.78 is 39.1. The van der Waals surface area contributed by atoms with Gasteiger partial charge in [-0.2, -0.15) is 0 Å². The van der Waals surface area contributed by atoms with E-state index in [4.69, 9.17) is 17.3 Å². The van der Waals surface area contributed by atoms with Crippen molar-refractivity contribution in [3.05, 3.63) is 46.9 Å². The van der Waals surface area contributed by atoms with Gasteiger partial charge in [0.2, 0.25) is 0 Å². The lowest BCUT2D eigenvalue weighted by Crippen LogP contribution is -2.02. The van der Waals surface area contributed by atoms with Crippen LogP contribution in [0.25, 0.3) is 0 Å². The Morgan fingerprint density at radius 3 is 2.39 bits per heavy atom. The highest BCUT2D eigenvalue weighted by molar-refractivity contribution is 6.30. The number of nitrogen functional groups attached to an aromatic ring is 1. The minimum Gasteiger partial charge on any atom is -0.396 e. The van der Waals surface area contributed by atoms with Gasteiger partial charge in [0.05, 0.1) is 16.4 Å². The van der Waals surface area contributed by atoms with E-state index in [-0.39, 0.29) is 17.2 Å². The number of nitrogens with zero attached hydrogens (tertiary/aromatic N) is 1. The summed E-state index contributed by atoms with van der Waals surface area (Å²) >= 11 is 5.64. The van der Waals surface area contributed by atoms with Gasteiger partial charge in [0.25, 0.3) is 0 Å². The molecule has 0 spiro atoms. The predicted octanol–water partition coefficient (Wildman–Crippen LogP) is 3.48. The highest BCUT2D eigenvalue weighted by atomic mass is 35.5. The summed E-state index contributed by atoms with van der Waals surface area (Å²) in [4.78, 5) is 3.82. The Labute approximate surface area is 105 Å². The van der Waals surface area contributed by atoms with Crippen molar-refractivity contribution in [2.24, 2.45) is 0 Å². The molecule has 0 aliphatic rings. The molecular formula is C11H7ClF3N3. The SMILES string of the molecule is Nc1cc(Cl)cnc1Nc1cc(F)c(F)cc1F. The highest BCUT2D eigenvalue weighted by Gasteiger charge is 2.11. The fourth-order valence-corrected chi connectivity index (χ4v) is 1.47. The first-order valence-electron chi connectivity index (χ1n) is 4.80. The number of nitrogens with one attached hydrogen (secondary N) is 1. The van der Waals surface area contributed by atoms with Crippen LogP contribution in [0.3, 0.4) is 0 Å². The molecule has 0 atom stereocenters. The molecule has 7 heteroatoms.